The average Bonchev–Trinajstić information content (AvgIpc) is 2.46. The van der Waals surface area contributed by atoms with E-state index in [-0.39, 0.29) is 5.02 Å². The average molecular weight is 382 g/mol. The van der Waals surface area contributed by atoms with Crippen LogP contribution in [-0.2, 0) is 16.2 Å². The highest BCUT2D eigenvalue weighted by atomic mass is 35.5. The van der Waals surface area contributed by atoms with Crippen LogP contribution in [0.15, 0.2) is 47.4 Å². The molecular weight excluding hydrogens is 370 g/mol. The lowest BCUT2D eigenvalue weighted by Crippen LogP contribution is -2.29. The van der Waals surface area contributed by atoms with Crippen molar-refractivity contribution in [3.05, 3.63) is 64.4 Å². The molecule has 2 rings (SSSR count). The summed E-state index contributed by atoms with van der Waals surface area (Å²) in [5, 5.41) is -0.229. The summed E-state index contributed by atoms with van der Waals surface area (Å²) in [5.41, 5.74) is -0.948. The van der Waals surface area contributed by atoms with Gasteiger partial charge in [0, 0.05) is 11.1 Å². The minimum Gasteiger partial charge on any atom is -0.207 e. The summed E-state index contributed by atoms with van der Waals surface area (Å²) in [4.78, 5) is -0.923. The lowest BCUT2D eigenvalue weighted by molar-refractivity contribution is -0.139. The van der Waals surface area contributed by atoms with Crippen molar-refractivity contribution >= 4 is 21.6 Å². The number of halogens is 5. The molecular formula is C15H12ClF4NO2S. The predicted octanol–water partition coefficient (Wildman–Crippen LogP) is 4.54. The van der Waals surface area contributed by atoms with E-state index in [4.69, 9.17) is 11.6 Å². The molecule has 0 amide bonds. The van der Waals surface area contributed by atoms with E-state index >= 15 is 0 Å². The first-order valence-electron chi connectivity index (χ1n) is 6.65. The summed E-state index contributed by atoms with van der Waals surface area (Å²) in [5.74, 6) is -0.508. The van der Waals surface area contributed by atoms with E-state index in [9.17, 15) is 26.0 Å². The Morgan fingerprint density at radius 3 is 2.21 bits per heavy atom. The normalized spacial score (nSPS) is 13.8. The second kappa shape index (κ2) is 6.70. The molecule has 1 atom stereocenters. The van der Waals surface area contributed by atoms with E-state index in [0.717, 1.165) is 24.3 Å². The van der Waals surface area contributed by atoms with E-state index in [0.29, 0.717) is 11.6 Å². The van der Waals surface area contributed by atoms with Gasteiger partial charge in [0.25, 0.3) is 0 Å². The SMILES string of the molecule is C[C@@H](NS(=O)(=O)c1ccc(Cl)cc1C(F)(F)F)c1ccc(F)cc1. The highest BCUT2D eigenvalue weighted by molar-refractivity contribution is 7.89. The summed E-state index contributed by atoms with van der Waals surface area (Å²) in [6, 6.07) is 6.50. The van der Waals surface area contributed by atoms with Crippen molar-refractivity contribution in [3.63, 3.8) is 0 Å². The molecule has 0 aliphatic carbocycles. The summed E-state index contributed by atoms with van der Waals surface area (Å²) in [6.07, 6.45) is -4.88. The van der Waals surface area contributed by atoms with Gasteiger partial charge in [-0.15, -0.1) is 0 Å². The van der Waals surface area contributed by atoms with Gasteiger partial charge in [-0.3, -0.25) is 0 Å². The molecule has 0 aliphatic heterocycles. The largest absolute Gasteiger partial charge is 0.417 e. The fourth-order valence-corrected chi connectivity index (χ4v) is 3.69. The number of nitrogens with one attached hydrogen (secondary N) is 1. The number of sulfonamides is 1. The molecule has 0 unspecified atom stereocenters. The third kappa shape index (κ3) is 4.25. The second-order valence-electron chi connectivity index (χ2n) is 5.03. The molecule has 130 valence electrons. The second-order valence-corrected chi connectivity index (χ2v) is 7.15. The van der Waals surface area contributed by atoms with Crippen molar-refractivity contribution in [1.29, 1.82) is 0 Å². The van der Waals surface area contributed by atoms with Crippen molar-refractivity contribution in [1.82, 2.24) is 4.72 Å². The molecule has 9 heteroatoms. The molecule has 24 heavy (non-hydrogen) atoms. The van der Waals surface area contributed by atoms with Gasteiger partial charge in [-0.25, -0.2) is 17.5 Å². The zero-order chi connectivity index (χ0) is 18.1. The Morgan fingerprint density at radius 1 is 1.08 bits per heavy atom. The van der Waals surface area contributed by atoms with Crippen LogP contribution in [-0.4, -0.2) is 8.42 Å². The summed E-state index contributed by atoms with van der Waals surface area (Å²) < 4.78 is 78.9. The summed E-state index contributed by atoms with van der Waals surface area (Å²) in [7, 11) is -4.47. The Labute approximate surface area is 141 Å². The first kappa shape index (κ1) is 18.7. The van der Waals surface area contributed by atoms with Crippen molar-refractivity contribution < 1.29 is 26.0 Å². The van der Waals surface area contributed by atoms with Gasteiger partial charge in [-0.1, -0.05) is 23.7 Å². The van der Waals surface area contributed by atoms with Crippen LogP contribution in [0, 0.1) is 5.82 Å². The van der Waals surface area contributed by atoms with Crippen LogP contribution in [0.3, 0.4) is 0 Å². The van der Waals surface area contributed by atoms with Gasteiger partial charge in [-0.05, 0) is 42.8 Å². The van der Waals surface area contributed by atoms with E-state index in [1.807, 2.05) is 0 Å². The molecule has 0 fully saturated rings. The quantitative estimate of drug-likeness (QED) is 0.790. The molecule has 0 bridgehead atoms. The van der Waals surface area contributed by atoms with Gasteiger partial charge in [0.1, 0.15) is 5.82 Å². The van der Waals surface area contributed by atoms with Crippen LogP contribution < -0.4 is 4.72 Å². The van der Waals surface area contributed by atoms with Gasteiger partial charge in [0.2, 0.25) is 10.0 Å². The maximum atomic E-state index is 13.1. The van der Waals surface area contributed by atoms with E-state index in [2.05, 4.69) is 4.72 Å². The van der Waals surface area contributed by atoms with Crippen LogP contribution in [0.2, 0.25) is 5.02 Å². The third-order valence-corrected chi connectivity index (χ3v) is 5.07. The molecule has 3 nitrogen and oxygen atoms in total. The smallest absolute Gasteiger partial charge is 0.207 e. The minimum absolute atomic E-state index is 0.229. The fourth-order valence-electron chi connectivity index (χ4n) is 2.07. The highest BCUT2D eigenvalue weighted by Crippen LogP contribution is 2.36. The van der Waals surface area contributed by atoms with Gasteiger partial charge >= 0.3 is 6.18 Å². The number of alkyl halides is 3. The Balaban J connectivity index is 2.39. The topological polar surface area (TPSA) is 46.2 Å². The van der Waals surface area contributed by atoms with Gasteiger partial charge in [0.15, 0.2) is 0 Å². The molecule has 0 aromatic heterocycles. The van der Waals surface area contributed by atoms with Crippen LogP contribution in [0.4, 0.5) is 17.6 Å². The summed E-state index contributed by atoms with van der Waals surface area (Å²) in [6.45, 7) is 1.44. The Bertz CT molecular complexity index is 836. The van der Waals surface area contributed by atoms with Crippen LogP contribution in [0.5, 0.6) is 0 Å². The van der Waals surface area contributed by atoms with E-state index in [1.54, 1.807) is 0 Å². The zero-order valence-electron chi connectivity index (χ0n) is 12.2. The van der Waals surface area contributed by atoms with Crippen LogP contribution >= 0.6 is 11.6 Å². The zero-order valence-corrected chi connectivity index (χ0v) is 13.8. The van der Waals surface area contributed by atoms with Crippen molar-refractivity contribution in [2.75, 3.05) is 0 Å². The highest BCUT2D eigenvalue weighted by Gasteiger charge is 2.37. The maximum Gasteiger partial charge on any atom is 0.417 e. The fraction of sp³-hybridized carbons (Fsp3) is 0.200. The number of hydrogen-bond acceptors (Lipinski definition) is 2. The maximum absolute atomic E-state index is 13.1. The first-order valence-corrected chi connectivity index (χ1v) is 8.51. The van der Waals surface area contributed by atoms with Crippen molar-refractivity contribution in [3.8, 4) is 0 Å². The Kier molecular flexibility index (Phi) is 5.22. The van der Waals surface area contributed by atoms with Crippen molar-refractivity contribution in [2.24, 2.45) is 0 Å². The molecule has 0 saturated heterocycles. The Hall–Kier alpha value is -1.64. The van der Waals surface area contributed by atoms with Gasteiger partial charge in [-0.2, -0.15) is 13.2 Å². The molecule has 2 aromatic carbocycles. The number of benzene rings is 2. The van der Waals surface area contributed by atoms with Gasteiger partial charge in [0.05, 0.1) is 10.5 Å². The number of hydrogen-bond donors (Lipinski definition) is 1. The first-order chi connectivity index (χ1) is 11.0. The number of rotatable bonds is 4. The lowest BCUT2D eigenvalue weighted by atomic mass is 10.1. The molecule has 2 aromatic rings. The molecule has 0 heterocycles. The predicted molar refractivity (Wildman–Crippen MR) is 81.6 cm³/mol. The molecule has 0 radical (unpaired) electrons. The lowest BCUT2D eigenvalue weighted by Gasteiger charge is -2.18. The van der Waals surface area contributed by atoms with E-state index in [1.165, 1.54) is 19.1 Å². The minimum atomic E-state index is -4.88. The van der Waals surface area contributed by atoms with Crippen LogP contribution in [0.25, 0.3) is 0 Å². The third-order valence-electron chi connectivity index (χ3n) is 3.24. The van der Waals surface area contributed by atoms with Crippen molar-refractivity contribution in [2.45, 2.75) is 24.0 Å². The molecule has 0 saturated carbocycles. The monoisotopic (exact) mass is 381 g/mol. The van der Waals surface area contributed by atoms with E-state index < -0.39 is 38.5 Å². The molecule has 0 spiro atoms. The van der Waals surface area contributed by atoms with Gasteiger partial charge < -0.3 is 0 Å². The summed E-state index contributed by atoms with van der Waals surface area (Å²) >= 11 is 5.54. The standard InChI is InChI=1S/C15H12ClF4NO2S/c1-9(10-2-5-12(17)6-3-10)21-24(22,23)14-7-4-11(16)8-13(14)15(18,19)20/h2-9,21H,1H3/t9-/m1/s1. The Morgan fingerprint density at radius 2 is 1.67 bits per heavy atom. The van der Waals surface area contributed by atoms with Crippen LogP contribution in [0.1, 0.15) is 24.1 Å². The molecule has 1 N–H and O–H groups in total. The molecule has 0 aliphatic rings.